The predicted octanol–water partition coefficient (Wildman–Crippen LogP) is 0.965. The van der Waals surface area contributed by atoms with Crippen molar-refractivity contribution in [2.45, 2.75) is 44.7 Å². The molecule has 2 aliphatic rings. The van der Waals surface area contributed by atoms with Crippen molar-refractivity contribution in [3.63, 3.8) is 0 Å². The number of esters is 1. The summed E-state index contributed by atoms with van der Waals surface area (Å²) in [5.74, 6) is -0.229. The molecule has 1 amide bonds. The van der Waals surface area contributed by atoms with Crippen molar-refractivity contribution in [3.05, 3.63) is 0 Å². The van der Waals surface area contributed by atoms with Gasteiger partial charge in [0.15, 0.2) is 0 Å². The molecule has 0 aromatic heterocycles. The second-order valence-electron chi connectivity index (χ2n) is 5.06. The molecule has 102 valence electrons. The highest BCUT2D eigenvalue weighted by atomic mass is 16.5. The van der Waals surface area contributed by atoms with Crippen LogP contribution in [0.3, 0.4) is 0 Å². The molecule has 18 heavy (non-hydrogen) atoms. The number of amides is 1. The zero-order chi connectivity index (χ0) is 13.1. The van der Waals surface area contributed by atoms with Crippen LogP contribution in [0.4, 0.5) is 0 Å². The maximum absolute atomic E-state index is 12.5. The van der Waals surface area contributed by atoms with E-state index in [9.17, 15) is 9.59 Å². The highest BCUT2D eigenvalue weighted by Crippen LogP contribution is 2.32. The van der Waals surface area contributed by atoms with Gasteiger partial charge in [-0.1, -0.05) is 0 Å². The summed E-state index contributed by atoms with van der Waals surface area (Å²) >= 11 is 0. The molecule has 5 heteroatoms. The van der Waals surface area contributed by atoms with Gasteiger partial charge in [-0.3, -0.25) is 4.79 Å². The van der Waals surface area contributed by atoms with Crippen LogP contribution in [0.5, 0.6) is 0 Å². The summed E-state index contributed by atoms with van der Waals surface area (Å²) < 4.78 is 10.0. The Morgan fingerprint density at radius 1 is 1.22 bits per heavy atom. The Bertz CT molecular complexity index is 321. The Morgan fingerprint density at radius 2 is 1.83 bits per heavy atom. The number of nitrogens with zero attached hydrogens (tertiary/aromatic N) is 1. The first-order chi connectivity index (χ1) is 8.65. The summed E-state index contributed by atoms with van der Waals surface area (Å²) in [5.41, 5.74) is 0. The summed E-state index contributed by atoms with van der Waals surface area (Å²) in [5, 5.41) is 0. The van der Waals surface area contributed by atoms with E-state index in [4.69, 9.17) is 9.47 Å². The fourth-order valence-electron chi connectivity index (χ4n) is 2.48. The maximum atomic E-state index is 12.5. The van der Waals surface area contributed by atoms with Gasteiger partial charge < -0.3 is 14.4 Å². The maximum Gasteiger partial charge on any atom is 0.328 e. The minimum absolute atomic E-state index is 0.00598. The fraction of sp³-hybridized carbons (Fsp3) is 0.846. The lowest BCUT2D eigenvalue weighted by Gasteiger charge is -2.32. The smallest absolute Gasteiger partial charge is 0.328 e. The highest BCUT2D eigenvalue weighted by Gasteiger charge is 2.41. The summed E-state index contributed by atoms with van der Waals surface area (Å²) in [6.07, 6.45) is 3.51. The van der Waals surface area contributed by atoms with Gasteiger partial charge in [-0.2, -0.15) is 0 Å². The molecule has 5 nitrogen and oxygen atoms in total. The van der Waals surface area contributed by atoms with E-state index in [1.54, 1.807) is 11.8 Å². The molecule has 1 saturated carbocycles. The van der Waals surface area contributed by atoms with Gasteiger partial charge in [0.25, 0.3) is 0 Å². The summed E-state index contributed by atoms with van der Waals surface area (Å²) in [7, 11) is 1.36. The van der Waals surface area contributed by atoms with Gasteiger partial charge in [-0.15, -0.1) is 0 Å². The quantitative estimate of drug-likeness (QED) is 0.702. The largest absolute Gasteiger partial charge is 0.467 e. The number of carbonyl (C=O) groups excluding carboxylic acids is 2. The van der Waals surface area contributed by atoms with Crippen LogP contribution in [0.2, 0.25) is 0 Å². The van der Waals surface area contributed by atoms with Crippen LogP contribution in [-0.4, -0.2) is 49.2 Å². The Hall–Kier alpha value is -1.10. The van der Waals surface area contributed by atoms with Crippen molar-refractivity contribution < 1.29 is 19.1 Å². The van der Waals surface area contributed by atoms with Gasteiger partial charge in [0.05, 0.1) is 7.11 Å². The molecule has 1 heterocycles. The first-order valence-electron chi connectivity index (χ1n) is 6.63. The van der Waals surface area contributed by atoms with E-state index in [1.807, 2.05) is 0 Å². The van der Waals surface area contributed by atoms with Gasteiger partial charge in [-0.25, -0.2) is 4.79 Å². The molecular formula is C13H21NO4. The lowest BCUT2D eigenvalue weighted by molar-refractivity contribution is -0.155. The molecule has 1 saturated heterocycles. The van der Waals surface area contributed by atoms with Crippen molar-refractivity contribution in [3.8, 4) is 0 Å². The van der Waals surface area contributed by atoms with Crippen LogP contribution in [0, 0.1) is 5.92 Å². The Morgan fingerprint density at radius 3 is 2.33 bits per heavy atom. The van der Waals surface area contributed by atoms with E-state index in [1.165, 1.54) is 7.11 Å². The van der Waals surface area contributed by atoms with Gasteiger partial charge in [0, 0.05) is 25.2 Å². The van der Waals surface area contributed by atoms with Crippen molar-refractivity contribution in [1.29, 1.82) is 0 Å². The van der Waals surface area contributed by atoms with Crippen LogP contribution in [0.1, 0.15) is 32.6 Å². The first-order valence-corrected chi connectivity index (χ1v) is 6.63. The average molecular weight is 255 g/mol. The fourth-order valence-corrected chi connectivity index (χ4v) is 2.48. The minimum Gasteiger partial charge on any atom is -0.467 e. The molecule has 0 spiro atoms. The van der Waals surface area contributed by atoms with Crippen molar-refractivity contribution in [2.24, 2.45) is 5.92 Å². The van der Waals surface area contributed by atoms with Gasteiger partial charge in [0.2, 0.25) is 5.91 Å². The normalized spacial score (nSPS) is 22.3. The van der Waals surface area contributed by atoms with E-state index in [0.717, 1.165) is 25.7 Å². The average Bonchev–Trinajstić information content (AvgIpc) is 3.23. The summed E-state index contributed by atoms with van der Waals surface area (Å²) in [4.78, 5) is 25.9. The van der Waals surface area contributed by atoms with E-state index in [2.05, 4.69) is 0 Å². The van der Waals surface area contributed by atoms with Gasteiger partial charge in [0.1, 0.15) is 6.04 Å². The van der Waals surface area contributed by atoms with Crippen LogP contribution in [0.25, 0.3) is 0 Å². The lowest BCUT2D eigenvalue weighted by Crippen LogP contribution is -2.48. The molecule has 0 N–H and O–H groups in total. The monoisotopic (exact) mass is 255 g/mol. The number of rotatable bonds is 4. The van der Waals surface area contributed by atoms with E-state index in [0.29, 0.717) is 13.2 Å². The molecule has 0 bridgehead atoms. The Labute approximate surface area is 107 Å². The number of hydrogen-bond donors (Lipinski definition) is 0. The predicted molar refractivity (Wildman–Crippen MR) is 64.9 cm³/mol. The Balaban J connectivity index is 2.04. The molecule has 0 aromatic rings. The molecular weight excluding hydrogens is 234 g/mol. The second-order valence-corrected chi connectivity index (χ2v) is 5.06. The second kappa shape index (κ2) is 5.69. The number of hydrogen-bond acceptors (Lipinski definition) is 4. The number of methoxy groups -OCH3 is 1. The minimum atomic E-state index is -0.474. The van der Waals surface area contributed by atoms with Gasteiger partial charge >= 0.3 is 5.97 Å². The standard InChI is InChI=1S/C13H21NO4/c1-9(13(16)17-2)14(11-3-4-11)12(15)10-5-7-18-8-6-10/h9-11H,3-8H2,1-2H3/t9-/m1/s1. The molecule has 1 aliphatic carbocycles. The first kappa shape index (κ1) is 13.3. The molecule has 1 aliphatic heterocycles. The number of ether oxygens (including phenoxy) is 2. The van der Waals surface area contributed by atoms with Gasteiger partial charge in [-0.05, 0) is 32.6 Å². The van der Waals surface area contributed by atoms with Crippen LogP contribution < -0.4 is 0 Å². The van der Waals surface area contributed by atoms with Crippen molar-refractivity contribution in [1.82, 2.24) is 4.90 Å². The van der Waals surface area contributed by atoms with E-state index in [-0.39, 0.29) is 23.8 Å². The topological polar surface area (TPSA) is 55.8 Å². The molecule has 0 unspecified atom stereocenters. The van der Waals surface area contributed by atoms with Crippen LogP contribution >= 0.6 is 0 Å². The highest BCUT2D eigenvalue weighted by molar-refractivity contribution is 5.86. The summed E-state index contributed by atoms with van der Waals surface area (Å²) in [6, 6.07) is -0.243. The summed E-state index contributed by atoms with van der Waals surface area (Å²) in [6.45, 7) is 3.03. The lowest BCUT2D eigenvalue weighted by atomic mass is 9.97. The molecule has 0 radical (unpaired) electrons. The SMILES string of the molecule is COC(=O)[C@@H](C)N(C(=O)C1CCOCC1)C1CC1. The zero-order valence-electron chi connectivity index (χ0n) is 11.1. The number of carbonyl (C=O) groups is 2. The van der Waals surface area contributed by atoms with Crippen molar-refractivity contribution in [2.75, 3.05) is 20.3 Å². The Kier molecular flexibility index (Phi) is 4.22. The molecule has 0 aromatic carbocycles. The van der Waals surface area contributed by atoms with E-state index < -0.39 is 6.04 Å². The van der Waals surface area contributed by atoms with E-state index >= 15 is 0 Å². The third kappa shape index (κ3) is 2.83. The molecule has 2 fully saturated rings. The van der Waals surface area contributed by atoms with Crippen LogP contribution in [-0.2, 0) is 19.1 Å². The van der Waals surface area contributed by atoms with Crippen LogP contribution in [0.15, 0.2) is 0 Å². The third-order valence-electron chi connectivity index (χ3n) is 3.72. The molecule has 1 atom stereocenters. The molecule has 2 rings (SSSR count). The third-order valence-corrected chi connectivity index (χ3v) is 3.72. The van der Waals surface area contributed by atoms with Crippen molar-refractivity contribution >= 4 is 11.9 Å². The zero-order valence-corrected chi connectivity index (χ0v) is 11.1.